The molecule has 0 amide bonds. The Hall–Kier alpha value is -2.93. The van der Waals surface area contributed by atoms with Gasteiger partial charge in [-0.25, -0.2) is 0 Å². The molecular formula is C21H30N4O3. The van der Waals surface area contributed by atoms with Crippen LogP contribution in [0.4, 0.5) is 11.4 Å². The van der Waals surface area contributed by atoms with Crippen molar-refractivity contribution in [3.63, 3.8) is 0 Å². The second kappa shape index (κ2) is 11.7. The first kappa shape index (κ1) is 21.4. The number of hydrogen-bond acceptors (Lipinski definition) is 5. The molecule has 0 aliphatic heterocycles. The van der Waals surface area contributed by atoms with Gasteiger partial charge in [0.05, 0.1) is 20.3 Å². The third-order valence-corrected chi connectivity index (χ3v) is 4.00. The van der Waals surface area contributed by atoms with E-state index in [1.165, 1.54) is 0 Å². The minimum Gasteiger partial charge on any atom is -0.493 e. The standard InChI is InChI=1S/C21H30N4O3/c1-5-28-20-14-18(10-11-19(20)27-4)25-21(22-2)24-15-16-6-8-17(9-7-16)23-12-13-26-3/h6-11,14,23H,5,12-13,15H2,1-4H3,(H2,22,24,25). The average Bonchev–Trinajstić information content (AvgIpc) is 2.72. The molecule has 2 aromatic carbocycles. The maximum Gasteiger partial charge on any atom is 0.195 e. The van der Waals surface area contributed by atoms with Crippen LogP contribution in [0.15, 0.2) is 47.5 Å². The molecule has 28 heavy (non-hydrogen) atoms. The van der Waals surface area contributed by atoms with E-state index in [1.54, 1.807) is 21.3 Å². The lowest BCUT2D eigenvalue weighted by molar-refractivity contribution is 0.211. The number of aliphatic imine (C=N–C) groups is 1. The zero-order chi connectivity index (χ0) is 20.2. The summed E-state index contributed by atoms with van der Waals surface area (Å²) in [7, 11) is 5.07. The minimum atomic E-state index is 0.573. The Balaban J connectivity index is 1.91. The van der Waals surface area contributed by atoms with Crippen LogP contribution in [-0.2, 0) is 11.3 Å². The molecule has 0 spiro atoms. The van der Waals surface area contributed by atoms with Gasteiger partial charge in [0.2, 0.25) is 0 Å². The molecule has 0 aliphatic carbocycles. The Labute approximate surface area is 167 Å². The van der Waals surface area contributed by atoms with Gasteiger partial charge in [-0.15, -0.1) is 0 Å². The van der Waals surface area contributed by atoms with E-state index in [0.29, 0.717) is 37.2 Å². The highest BCUT2D eigenvalue weighted by Gasteiger charge is 2.07. The molecule has 0 radical (unpaired) electrons. The third-order valence-electron chi connectivity index (χ3n) is 4.00. The zero-order valence-electron chi connectivity index (χ0n) is 17.0. The summed E-state index contributed by atoms with van der Waals surface area (Å²) in [5.41, 5.74) is 3.10. The highest BCUT2D eigenvalue weighted by molar-refractivity contribution is 5.93. The smallest absolute Gasteiger partial charge is 0.195 e. The Morgan fingerprint density at radius 3 is 2.39 bits per heavy atom. The average molecular weight is 386 g/mol. The van der Waals surface area contributed by atoms with E-state index in [2.05, 4.69) is 45.2 Å². The number of nitrogens with one attached hydrogen (secondary N) is 3. The van der Waals surface area contributed by atoms with E-state index in [1.807, 2.05) is 25.1 Å². The molecule has 0 aliphatic rings. The lowest BCUT2D eigenvalue weighted by Gasteiger charge is -2.15. The highest BCUT2D eigenvalue weighted by Crippen LogP contribution is 2.30. The summed E-state index contributed by atoms with van der Waals surface area (Å²) in [5, 5.41) is 9.89. The predicted octanol–water partition coefficient (Wildman–Crippen LogP) is 3.34. The molecule has 7 heteroatoms. The molecule has 0 unspecified atom stereocenters. The molecule has 0 saturated heterocycles. The summed E-state index contributed by atoms with van der Waals surface area (Å²) in [6.07, 6.45) is 0. The zero-order valence-corrected chi connectivity index (χ0v) is 17.0. The second-order valence-corrected chi connectivity index (χ2v) is 5.97. The van der Waals surface area contributed by atoms with Gasteiger partial charge >= 0.3 is 0 Å². The second-order valence-electron chi connectivity index (χ2n) is 5.97. The largest absolute Gasteiger partial charge is 0.493 e. The van der Waals surface area contributed by atoms with Crippen molar-refractivity contribution in [3.05, 3.63) is 48.0 Å². The first-order valence-electron chi connectivity index (χ1n) is 9.30. The number of anilines is 2. The van der Waals surface area contributed by atoms with Gasteiger partial charge in [0.1, 0.15) is 0 Å². The summed E-state index contributed by atoms with van der Waals surface area (Å²) in [6, 6.07) is 14.0. The lowest BCUT2D eigenvalue weighted by atomic mass is 10.2. The fourth-order valence-electron chi connectivity index (χ4n) is 2.56. The molecule has 0 fully saturated rings. The fourth-order valence-corrected chi connectivity index (χ4v) is 2.56. The van der Waals surface area contributed by atoms with Crippen LogP contribution in [-0.4, -0.2) is 47.0 Å². The molecule has 0 atom stereocenters. The molecule has 2 aromatic rings. The van der Waals surface area contributed by atoms with Crippen molar-refractivity contribution in [2.45, 2.75) is 13.5 Å². The van der Waals surface area contributed by atoms with E-state index < -0.39 is 0 Å². The van der Waals surface area contributed by atoms with E-state index in [-0.39, 0.29) is 0 Å². The van der Waals surface area contributed by atoms with Crippen LogP contribution in [0.2, 0.25) is 0 Å². The van der Waals surface area contributed by atoms with Gasteiger partial charge in [0.25, 0.3) is 0 Å². The predicted molar refractivity (Wildman–Crippen MR) is 115 cm³/mol. The molecule has 0 aromatic heterocycles. The van der Waals surface area contributed by atoms with E-state index >= 15 is 0 Å². The molecule has 3 N–H and O–H groups in total. The molecule has 0 saturated carbocycles. The molecule has 2 rings (SSSR count). The van der Waals surface area contributed by atoms with E-state index in [4.69, 9.17) is 14.2 Å². The van der Waals surface area contributed by atoms with Crippen LogP contribution >= 0.6 is 0 Å². The van der Waals surface area contributed by atoms with Gasteiger partial charge in [0, 0.05) is 44.7 Å². The third kappa shape index (κ3) is 6.66. The number of methoxy groups -OCH3 is 2. The van der Waals surface area contributed by atoms with E-state index in [9.17, 15) is 0 Å². The van der Waals surface area contributed by atoms with Crippen molar-refractivity contribution >= 4 is 17.3 Å². The molecule has 7 nitrogen and oxygen atoms in total. The number of benzene rings is 2. The fraction of sp³-hybridized carbons (Fsp3) is 0.381. The highest BCUT2D eigenvalue weighted by atomic mass is 16.5. The first-order valence-corrected chi connectivity index (χ1v) is 9.30. The van der Waals surface area contributed by atoms with Crippen LogP contribution < -0.4 is 25.4 Å². The summed E-state index contributed by atoms with van der Waals surface area (Å²) in [6.45, 7) is 4.64. The maximum atomic E-state index is 5.62. The van der Waals surface area contributed by atoms with Crippen molar-refractivity contribution in [1.82, 2.24) is 5.32 Å². The minimum absolute atomic E-state index is 0.573. The van der Waals surface area contributed by atoms with Crippen LogP contribution in [0.5, 0.6) is 11.5 Å². The van der Waals surface area contributed by atoms with Crippen LogP contribution in [0.25, 0.3) is 0 Å². The molecule has 0 bridgehead atoms. The summed E-state index contributed by atoms with van der Waals surface area (Å²) in [5.74, 6) is 2.08. The van der Waals surface area contributed by atoms with Gasteiger partial charge in [-0.05, 0) is 36.8 Å². The number of ether oxygens (including phenoxy) is 3. The Bertz CT molecular complexity index is 748. The normalized spacial score (nSPS) is 11.1. The Morgan fingerprint density at radius 1 is 1.00 bits per heavy atom. The topological polar surface area (TPSA) is 76.1 Å². The van der Waals surface area contributed by atoms with Crippen molar-refractivity contribution in [3.8, 4) is 11.5 Å². The van der Waals surface area contributed by atoms with Gasteiger partial charge in [0.15, 0.2) is 17.5 Å². The summed E-state index contributed by atoms with van der Waals surface area (Å²) >= 11 is 0. The summed E-state index contributed by atoms with van der Waals surface area (Å²) < 4.78 is 16.0. The Morgan fingerprint density at radius 2 is 1.75 bits per heavy atom. The van der Waals surface area contributed by atoms with Crippen molar-refractivity contribution < 1.29 is 14.2 Å². The number of guanidine groups is 1. The van der Waals surface area contributed by atoms with Crippen LogP contribution in [0, 0.1) is 0 Å². The SMILES string of the molecule is CCOc1cc(NC(=NC)NCc2ccc(NCCOC)cc2)ccc1OC. The van der Waals surface area contributed by atoms with Crippen molar-refractivity contribution in [1.29, 1.82) is 0 Å². The molecular weight excluding hydrogens is 356 g/mol. The van der Waals surface area contributed by atoms with Crippen LogP contribution in [0.1, 0.15) is 12.5 Å². The van der Waals surface area contributed by atoms with Gasteiger partial charge in [-0.3, -0.25) is 4.99 Å². The van der Waals surface area contributed by atoms with Crippen molar-refractivity contribution in [2.75, 3.05) is 51.7 Å². The molecule has 0 heterocycles. The first-order chi connectivity index (χ1) is 13.7. The Kier molecular flexibility index (Phi) is 8.94. The number of rotatable bonds is 10. The van der Waals surface area contributed by atoms with Gasteiger partial charge < -0.3 is 30.2 Å². The van der Waals surface area contributed by atoms with Crippen LogP contribution in [0.3, 0.4) is 0 Å². The van der Waals surface area contributed by atoms with Crippen molar-refractivity contribution in [2.24, 2.45) is 4.99 Å². The summed E-state index contributed by atoms with van der Waals surface area (Å²) in [4.78, 5) is 4.28. The van der Waals surface area contributed by atoms with E-state index in [0.717, 1.165) is 23.5 Å². The van der Waals surface area contributed by atoms with Gasteiger partial charge in [-0.2, -0.15) is 0 Å². The maximum absolute atomic E-state index is 5.62. The number of hydrogen-bond donors (Lipinski definition) is 3. The molecule has 152 valence electrons. The quantitative estimate of drug-likeness (QED) is 0.330. The van der Waals surface area contributed by atoms with Gasteiger partial charge in [-0.1, -0.05) is 12.1 Å². The monoisotopic (exact) mass is 386 g/mol. The number of nitrogens with zero attached hydrogens (tertiary/aromatic N) is 1. The lowest BCUT2D eigenvalue weighted by Crippen LogP contribution is -2.30.